The molecular formula is C47H31N3S. The van der Waals surface area contributed by atoms with Gasteiger partial charge in [-0.05, 0) is 47.0 Å². The summed E-state index contributed by atoms with van der Waals surface area (Å²) >= 11 is 1.93. The first kappa shape index (κ1) is 28.7. The van der Waals surface area contributed by atoms with Gasteiger partial charge in [-0.3, -0.25) is 0 Å². The molecule has 0 unspecified atom stereocenters. The highest BCUT2D eigenvalue weighted by atomic mass is 32.1. The first-order valence-corrected chi connectivity index (χ1v) is 18.3. The van der Waals surface area contributed by atoms with Gasteiger partial charge in [0.15, 0.2) is 5.82 Å². The predicted octanol–water partition coefficient (Wildman–Crippen LogP) is 12.7. The van der Waals surface area contributed by atoms with Crippen molar-refractivity contribution in [1.82, 2.24) is 14.5 Å². The van der Waals surface area contributed by atoms with Gasteiger partial charge in [0.2, 0.25) is 0 Å². The van der Waals surface area contributed by atoms with Crippen LogP contribution >= 0.6 is 11.3 Å². The zero-order chi connectivity index (χ0) is 33.8. The number of hydrogen-bond donors (Lipinski definition) is 0. The molecule has 10 aromatic rings. The van der Waals surface area contributed by atoms with Crippen molar-refractivity contribution in [3.05, 3.63) is 163 Å². The lowest BCUT2D eigenvalue weighted by molar-refractivity contribution is 0.667. The Morgan fingerprint density at radius 3 is 2.10 bits per heavy atom. The Balaban J connectivity index is 1.31. The van der Waals surface area contributed by atoms with E-state index in [-0.39, 0.29) is 5.41 Å². The van der Waals surface area contributed by atoms with E-state index in [1.807, 2.05) is 29.5 Å². The van der Waals surface area contributed by atoms with Crippen molar-refractivity contribution < 1.29 is 0 Å². The highest BCUT2D eigenvalue weighted by Gasteiger charge is 2.40. The monoisotopic (exact) mass is 669 g/mol. The van der Waals surface area contributed by atoms with Crippen molar-refractivity contribution >= 4 is 64.2 Å². The summed E-state index contributed by atoms with van der Waals surface area (Å²) in [5.74, 6) is 0.732. The highest BCUT2D eigenvalue weighted by Crippen LogP contribution is 2.58. The Bertz CT molecular complexity index is 3040. The number of nitrogens with zero attached hydrogens (tertiary/aromatic N) is 3. The Morgan fingerprint density at radius 1 is 0.588 bits per heavy atom. The zero-order valence-electron chi connectivity index (χ0n) is 28.2. The summed E-state index contributed by atoms with van der Waals surface area (Å²) in [6.45, 7) is 4.82. The molecule has 0 saturated carbocycles. The smallest absolute Gasteiger partial charge is 0.160 e. The maximum Gasteiger partial charge on any atom is 0.160 e. The van der Waals surface area contributed by atoms with Crippen LogP contribution in [0.15, 0.2) is 152 Å². The van der Waals surface area contributed by atoms with Crippen LogP contribution in [-0.4, -0.2) is 14.5 Å². The van der Waals surface area contributed by atoms with Gasteiger partial charge in [0.1, 0.15) is 0 Å². The van der Waals surface area contributed by atoms with Crippen LogP contribution in [0.1, 0.15) is 25.0 Å². The van der Waals surface area contributed by atoms with E-state index in [2.05, 4.69) is 152 Å². The van der Waals surface area contributed by atoms with Crippen molar-refractivity contribution in [2.45, 2.75) is 19.3 Å². The van der Waals surface area contributed by atoms with Crippen molar-refractivity contribution in [1.29, 1.82) is 0 Å². The van der Waals surface area contributed by atoms with Crippen LogP contribution in [0.25, 0.3) is 92.3 Å². The van der Waals surface area contributed by atoms with Gasteiger partial charge in [0.25, 0.3) is 0 Å². The second-order valence-electron chi connectivity index (χ2n) is 14.1. The average Bonchev–Trinajstić information content (AvgIpc) is 3.81. The molecule has 0 atom stereocenters. The summed E-state index contributed by atoms with van der Waals surface area (Å²) in [7, 11) is 0. The fraction of sp³-hybridized carbons (Fsp3) is 0.0638. The SMILES string of the molecule is CC1(C)c2ccccc2-c2c1c1c3ccccc3n(-c3ccc4nc(-c5ccccc5)nc(-c5ccccc5)c4c3)c1c1c2sc2ccccc21. The molecule has 240 valence electrons. The van der Waals surface area contributed by atoms with E-state index < -0.39 is 0 Å². The van der Waals surface area contributed by atoms with Gasteiger partial charge in [-0.1, -0.05) is 135 Å². The number of para-hydroxylation sites is 1. The number of fused-ring (bicyclic) bond motifs is 13. The van der Waals surface area contributed by atoms with Gasteiger partial charge in [0.05, 0.1) is 22.2 Å². The van der Waals surface area contributed by atoms with E-state index in [4.69, 9.17) is 9.97 Å². The first-order valence-electron chi connectivity index (χ1n) is 17.5. The standard InChI is InChI=1S/C47H31N3S/c1-47(2)35-22-12-9-19-31(35)40-42(47)39-32-20-10-13-23-37(32)50(44(39)41-33-21-11-14-24-38(33)51-45(40)41)30-25-26-36-34(27-30)43(28-15-5-3-6-16-28)49-46(48-36)29-17-7-4-8-18-29/h3-27H,1-2H3. The summed E-state index contributed by atoms with van der Waals surface area (Å²) in [6, 6.07) is 54.5. The van der Waals surface area contributed by atoms with Crippen molar-refractivity contribution in [2.24, 2.45) is 0 Å². The normalized spacial score (nSPS) is 13.5. The molecule has 0 spiro atoms. The molecular weight excluding hydrogens is 639 g/mol. The van der Waals surface area contributed by atoms with E-state index in [0.717, 1.165) is 39.2 Å². The minimum Gasteiger partial charge on any atom is -0.309 e. The van der Waals surface area contributed by atoms with Gasteiger partial charge in [0, 0.05) is 64.1 Å². The van der Waals surface area contributed by atoms with Gasteiger partial charge < -0.3 is 4.57 Å². The average molecular weight is 670 g/mol. The third-order valence-corrected chi connectivity index (χ3v) is 12.1. The molecule has 7 aromatic carbocycles. The van der Waals surface area contributed by atoms with Crippen LogP contribution in [0.4, 0.5) is 0 Å². The zero-order valence-corrected chi connectivity index (χ0v) is 29.0. The molecule has 11 rings (SSSR count). The number of thiophene rings is 1. The molecule has 3 nitrogen and oxygen atoms in total. The highest BCUT2D eigenvalue weighted by molar-refractivity contribution is 7.26. The van der Waals surface area contributed by atoms with E-state index in [1.165, 1.54) is 64.2 Å². The Hall–Kier alpha value is -6.10. The topological polar surface area (TPSA) is 30.7 Å². The summed E-state index contributed by atoms with van der Waals surface area (Å²) in [5, 5.41) is 6.28. The summed E-state index contributed by atoms with van der Waals surface area (Å²) in [6.07, 6.45) is 0. The van der Waals surface area contributed by atoms with Gasteiger partial charge >= 0.3 is 0 Å². The Kier molecular flexibility index (Phi) is 5.89. The lowest BCUT2D eigenvalue weighted by atomic mass is 9.80. The van der Waals surface area contributed by atoms with E-state index in [0.29, 0.717) is 0 Å². The number of aromatic nitrogens is 3. The molecule has 0 N–H and O–H groups in total. The van der Waals surface area contributed by atoms with Crippen molar-refractivity contribution in [2.75, 3.05) is 0 Å². The minimum absolute atomic E-state index is 0.172. The lowest BCUT2D eigenvalue weighted by Crippen LogP contribution is -2.15. The third kappa shape index (κ3) is 3.94. The molecule has 0 radical (unpaired) electrons. The van der Waals surface area contributed by atoms with Gasteiger partial charge in [-0.15, -0.1) is 11.3 Å². The second kappa shape index (κ2) is 10.5. The quantitative estimate of drug-likeness (QED) is 0.187. The molecule has 4 heteroatoms. The van der Waals surface area contributed by atoms with Crippen molar-refractivity contribution in [3.63, 3.8) is 0 Å². The van der Waals surface area contributed by atoms with Crippen LogP contribution in [0, 0.1) is 0 Å². The molecule has 0 aliphatic heterocycles. The number of benzene rings is 7. The fourth-order valence-corrected chi connectivity index (χ4v) is 10.0. The van der Waals surface area contributed by atoms with Gasteiger partial charge in [-0.2, -0.15) is 0 Å². The molecule has 1 aliphatic carbocycles. The Morgan fingerprint density at radius 2 is 1.27 bits per heavy atom. The predicted molar refractivity (Wildman–Crippen MR) is 215 cm³/mol. The molecule has 51 heavy (non-hydrogen) atoms. The molecule has 0 bridgehead atoms. The van der Waals surface area contributed by atoms with Crippen LogP contribution in [0.5, 0.6) is 0 Å². The summed E-state index contributed by atoms with van der Waals surface area (Å²) in [4.78, 5) is 10.4. The molecule has 0 amide bonds. The Labute approximate surface area is 299 Å². The molecule has 0 saturated heterocycles. The molecule has 3 heterocycles. The van der Waals surface area contributed by atoms with Crippen LogP contribution in [0.3, 0.4) is 0 Å². The summed E-state index contributed by atoms with van der Waals surface area (Å²) < 4.78 is 5.19. The summed E-state index contributed by atoms with van der Waals surface area (Å²) in [5.41, 5.74) is 12.9. The van der Waals surface area contributed by atoms with E-state index >= 15 is 0 Å². The maximum absolute atomic E-state index is 5.24. The first-order chi connectivity index (χ1) is 25.1. The molecule has 0 fully saturated rings. The molecule has 3 aromatic heterocycles. The number of hydrogen-bond acceptors (Lipinski definition) is 3. The number of rotatable bonds is 3. The molecule has 1 aliphatic rings. The maximum atomic E-state index is 5.24. The largest absolute Gasteiger partial charge is 0.309 e. The van der Waals surface area contributed by atoms with Crippen LogP contribution in [0.2, 0.25) is 0 Å². The fourth-order valence-electron chi connectivity index (χ4n) is 8.74. The van der Waals surface area contributed by atoms with Crippen LogP contribution < -0.4 is 0 Å². The second-order valence-corrected chi connectivity index (χ2v) is 15.2. The van der Waals surface area contributed by atoms with Gasteiger partial charge in [-0.25, -0.2) is 9.97 Å². The van der Waals surface area contributed by atoms with Crippen molar-refractivity contribution in [3.8, 4) is 39.5 Å². The van der Waals surface area contributed by atoms with E-state index in [1.54, 1.807) is 0 Å². The van der Waals surface area contributed by atoms with E-state index in [9.17, 15) is 0 Å². The third-order valence-electron chi connectivity index (χ3n) is 10.9. The minimum atomic E-state index is -0.172. The lowest BCUT2D eigenvalue weighted by Gasteiger charge is -2.23. The van der Waals surface area contributed by atoms with Crippen LogP contribution in [-0.2, 0) is 5.41 Å².